The van der Waals surface area contributed by atoms with E-state index in [4.69, 9.17) is 0 Å². The first-order valence-corrected chi connectivity index (χ1v) is 7.22. The largest absolute Gasteiger partial charge is 0.356 e. The quantitative estimate of drug-likeness (QED) is 0.810. The van der Waals surface area contributed by atoms with Crippen molar-refractivity contribution >= 4 is 17.2 Å². The van der Waals surface area contributed by atoms with E-state index in [2.05, 4.69) is 28.1 Å². The Morgan fingerprint density at radius 1 is 1.59 bits per heavy atom. The van der Waals surface area contributed by atoms with Gasteiger partial charge in [0, 0.05) is 17.8 Å². The summed E-state index contributed by atoms with van der Waals surface area (Å²) in [5.41, 5.74) is 0. The smallest absolute Gasteiger partial charge is 0.220 e. The third-order valence-electron chi connectivity index (χ3n) is 3.16. The average Bonchev–Trinajstić information content (AvgIpc) is 2.99. The predicted octanol–water partition coefficient (Wildman–Crippen LogP) is 1.80. The molecule has 1 atom stereocenters. The van der Waals surface area contributed by atoms with Crippen LogP contribution in [-0.4, -0.2) is 25.5 Å². The van der Waals surface area contributed by atoms with Crippen LogP contribution in [-0.2, 0) is 11.2 Å². The fourth-order valence-corrected chi connectivity index (χ4v) is 2.86. The summed E-state index contributed by atoms with van der Waals surface area (Å²) in [6, 6.07) is 4.19. The molecule has 0 aliphatic carbocycles. The Hall–Kier alpha value is -0.870. The molecule has 1 fully saturated rings. The van der Waals surface area contributed by atoms with E-state index in [9.17, 15) is 4.79 Å². The maximum absolute atomic E-state index is 11.6. The molecule has 1 aromatic rings. The SMILES string of the molecule is O=C(CCCc1cccs1)NCC1CCNC1. The van der Waals surface area contributed by atoms with Crippen LogP contribution >= 0.6 is 11.3 Å². The summed E-state index contributed by atoms with van der Waals surface area (Å²) < 4.78 is 0. The van der Waals surface area contributed by atoms with Gasteiger partial charge in [0.25, 0.3) is 0 Å². The second-order valence-corrected chi connectivity index (χ2v) is 5.63. The molecule has 0 radical (unpaired) electrons. The van der Waals surface area contributed by atoms with E-state index in [1.54, 1.807) is 11.3 Å². The van der Waals surface area contributed by atoms with Gasteiger partial charge in [0.15, 0.2) is 0 Å². The first kappa shape index (κ1) is 12.6. The fraction of sp³-hybridized carbons (Fsp3) is 0.615. The van der Waals surface area contributed by atoms with Gasteiger partial charge in [0.05, 0.1) is 0 Å². The molecule has 0 spiro atoms. The molecule has 1 aliphatic rings. The van der Waals surface area contributed by atoms with Crippen LogP contribution in [0.15, 0.2) is 17.5 Å². The summed E-state index contributed by atoms with van der Waals surface area (Å²) in [7, 11) is 0. The first-order valence-electron chi connectivity index (χ1n) is 6.34. The molecule has 1 aromatic heterocycles. The second-order valence-electron chi connectivity index (χ2n) is 4.60. The number of amides is 1. The Labute approximate surface area is 107 Å². The van der Waals surface area contributed by atoms with Crippen molar-refractivity contribution in [2.45, 2.75) is 25.7 Å². The van der Waals surface area contributed by atoms with Crippen molar-refractivity contribution in [2.24, 2.45) is 5.92 Å². The fourth-order valence-electron chi connectivity index (χ4n) is 2.11. The Bertz CT molecular complexity index is 331. The summed E-state index contributed by atoms with van der Waals surface area (Å²) in [5, 5.41) is 8.42. The zero-order valence-corrected chi connectivity index (χ0v) is 10.9. The van der Waals surface area contributed by atoms with Crippen molar-refractivity contribution in [2.75, 3.05) is 19.6 Å². The molecule has 94 valence electrons. The lowest BCUT2D eigenvalue weighted by Gasteiger charge is -2.09. The highest BCUT2D eigenvalue weighted by Crippen LogP contribution is 2.12. The number of thiophene rings is 1. The standard InChI is InChI=1S/C13H20N2OS/c16-13(15-10-11-6-7-14-9-11)5-1-3-12-4-2-8-17-12/h2,4,8,11,14H,1,3,5-7,9-10H2,(H,15,16). The Morgan fingerprint density at radius 3 is 3.24 bits per heavy atom. The molecular formula is C13H20N2OS. The number of carbonyl (C=O) groups excluding carboxylic acids is 1. The Morgan fingerprint density at radius 2 is 2.53 bits per heavy atom. The van der Waals surface area contributed by atoms with Gasteiger partial charge in [-0.1, -0.05) is 6.07 Å². The van der Waals surface area contributed by atoms with E-state index >= 15 is 0 Å². The van der Waals surface area contributed by atoms with E-state index in [-0.39, 0.29) is 5.91 Å². The van der Waals surface area contributed by atoms with Crippen molar-refractivity contribution in [1.29, 1.82) is 0 Å². The van der Waals surface area contributed by atoms with Gasteiger partial charge < -0.3 is 10.6 Å². The van der Waals surface area contributed by atoms with Crippen LogP contribution in [0.3, 0.4) is 0 Å². The molecule has 0 bridgehead atoms. The number of nitrogens with one attached hydrogen (secondary N) is 2. The van der Waals surface area contributed by atoms with Gasteiger partial charge in [-0.3, -0.25) is 4.79 Å². The van der Waals surface area contributed by atoms with Gasteiger partial charge in [0.1, 0.15) is 0 Å². The van der Waals surface area contributed by atoms with E-state index in [1.807, 2.05) is 0 Å². The van der Waals surface area contributed by atoms with Crippen molar-refractivity contribution in [1.82, 2.24) is 10.6 Å². The molecule has 1 aliphatic heterocycles. The highest BCUT2D eigenvalue weighted by atomic mass is 32.1. The van der Waals surface area contributed by atoms with Crippen molar-refractivity contribution in [3.63, 3.8) is 0 Å². The van der Waals surface area contributed by atoms with Crippen LogP contribution < -0.4 is 10.6 Å². The predicted molar refractivity (Wildman–Crippen MR) is 71.2 cm³/mol. The van der Waals surface area contributed by atoms with Gasteiger partial charge in [-0.05, 0) is 49.7 Å². The van der Waals surface area contributed by atoms with Crippen LogP contribution in [0, 0.1) is 5.92 Å². The van der Waals surface area contributed by atoms with Crippen molar-refractivity contribution < 1.29 is 4.79 Å². The summed E-state index contributed by atoms with van der Waals surface area (Å²) in [6.45, 7) is 2.99. The Balaban J connectivity index is 1.54. The molecule has 1 unspecified atom stereocenters. The molecule has 1 saturated heterocycles. The topological polar surface area (TPSA) is 41.1 Å². The molecular weight excluding hydrogens is 232 g/mol. The van der Waals surface area contributed by atoms with Crippen LogP contribution in [0.5, 0.6) is 0 Å². The number of hydrogen-bond acceptors (Lipinski definition) is 3. The normalized spacial score (nSPS) is 19.4. The first-order chi connectivity index (χ1) is 8.34. The molecule has 0 saturated carbocycles. The van der Waals surface area contributed by atoms with Gasteiger partial charge in [-0.2, -0.15) is 0 Å². The van der Waals surface area contributed by atoms with Crippen LogP contribution in [0.2, 0.25) is 0 Å². The molecule has 3 nitrogen and oxygen atoms in total. The minimum Gasteiger partial charge on any atom is -0.356 e. The maximum atomic E-state index is 11.6. The van der Waals surface area contributed by atoms with Gasteiger partial charge >= 0.3 is 0 Å². The number of hydrogen-bond donors (Lipinski definition) is 2. The number of rotatable bonds is 6. The molecule has 4 heteroatoms. The van der Waals surface area contributed by atoms with Crippen molar-refractivity contribution in [3.05, 3.63) is 22.4 Å². The van der Waals surface area contributed by atoms with E-state index in [0.717, 1.165) is 32.5 Å². The van der Waals surface area contributed by atoms with E-state index in [0.29, 0.717) is 12.3 Å². The zero-order valence-electron chi connectivity index (χ0n) is 10.1. The average molecular weight is 252 g/mol. The number of aryl methyl sites for hydroxylation is 1. The lowest BCUT2D eigenvalue weighted by molar-refractivity contribution is -0.121. The van der Waals surface area contributed by atoms with Crippen molar-refractivity contribution in [3.8, 4) is 0 Å². The van der Waals surface area contributed by atoms with Crippen LogP contribution in [0.4, 0.5) is 0 Å². The highest BCUT2D eigenvalue weighted by Gasteiger charge is 2.14. The minimum atomic E-state index is 0.202. The van der Waals surface area contributed by atoms with Crippen LogP contribution in [0.25, 0.3) is 0 Å². The second kappa shape index (κ2) is 6.77. The maximum Gasteiger partial charge on any atom is 0.220 e. The molecule has 17 heavy (non-hydrogen) atoms. The molecule has 1 amide bonds. The highest BCUT2D eigenvalue weighted by molar-refractivity contribution is 7.09. The van der Waals surface area contributed by atoms with Gasteiger partial charge in [-0.25, -0.2) is 0 Å². The summed E-state index contributed by atoms with van der Waals surface area (Å²) >= 11 is 1.77. The van der Waals surface area contributed by atoms with E-state index < -0.39 is 0 Å². The lowest BCUT2D eigenvalue weighted by Crippen LogP contribution is -2.30. The molecule has 2 rings (SSSR count). The molecule has 2 N–H and O–H groups in total. The van der Waals surface area contributed by atoms with Gasteiger partial charge in [0.2, 0.25) is 5.91 Å². The minimum absolute atomic E-state index is 0.202. The third kappa shape index (κ3) is 4.48. The Kier molecular flexibility index (Phi) is 5.01. The number of carbonyl (C=O) groups is 1. The van der Waals surface area contributed by atoms with Gasteiger partial charge in [-0.15, -0.1) is 11.3 Å². The van der Waals surface area contributed by atoms with E-state index in [1.165, 1.54) is 11.3 Å². The zero-order chi connectivity index (χ0) is 11.9. The third-order valence-corrected chi connectivity index (χ3v) is 4.09. The molecule has 0 aromatic carbocycles. The lowest BCUT2D eigenvalue weighted by atomic mass is 10.1. The summed E-state index contributed by atoms with van der Waals surface area (Å²) in [5.74, 6) is 0.838. The van der Waals surface area contributed by atoms with Crippen LogP contribution in [0.1, 0.15) is 24.1 Å². The monoisotopic (exact) mass is 252 g/mol. The summed E-state index contributed by atoms with van der Waals surface area (Å²) in [4.78, 5) is 13.0. The molecule has 2 heterocycles. The summed E-state index contributed by atoms with van der Waals surface area (Å²) in [6.07, 6.45) is 3.82.